The third-order valence-corrected chi connectivity index (χ3v) is 3.61. The van der Waals surface area contributed by atoms with Gasteiger partial charge in [0, 0.05) is 18.8 Å². The van der Waals surface area contributed by atoms with Gasteiger partial charge in [-0.05, 0) is 43.1 Å². The molecule has 1 unspecified atom stereocenters. The lowest BCUT2D eigenvalue weighted by Gasteiger charge is -2.21. The lowest BCUT2D eigenvalue weighted by Crippen LogP contribution is -2.32. The molecule has 0 spiro atoms. The normalized spacial score (nSPS) is 15.7. The molecule has 2 rings (SSSR count). The Morgan fingerprint density at radius 3 is 2.95 bits per heavy atom. The summed E-state index contributed by atoms with van der Waals surface area (Å²) in [6.45, 7) is 4.43. The van der Waals surface area contributed by atoms with E-state index >= 15 is 0 Å². The number of rotatable bonds is 6. The van der Waals surface area contributed by atoms with Crippen molar-refractivity contribution < 1.29 is 4.79 Å². The van der Waals surface area contributed by atoms with Gasteiger partial charge in [-0.15, -0.1) is 0 Å². The highest BCUT2D eigenvalue weighted by Gasteiger charge is 2.28. The van der Waals surface area contributed by atoms with Gasteiger partial charge >= 0.3 is 0 Å². The molecule has 4 nitrogen and oxygen atoms in total. The first-order valence-electron chi connectivity index (χ1n) is 6.92. The van der Waals surface area contributed by atoms with Crippen LogP contribution >= 0.6 is 0 Å². The highest BCUT2D eigenvalue weighted by atomic mass is 16.2. The van der Waals surface area contributed by atoms with Crippen LogP contribution < -0.4 is 16.0 Å². The highest BCUT2D eigenvalue weighted by molar-refractivity contribution is 6.01. The van der Waals surface area contributed by atoms with Gasteiger partial charge in [0.1, 0.15) is 0 Å². The molecule has 0 saturated carbocycles. The molecule has 0 bridgehead atoms. The lowest BCUT2D eigenvalue weighted by atomic mass is 10.1. The van der Waals surface area contributed by atoms with Gasteiger partial charge in [-0.3, -0.25) is 4.79 Å². The van der Waals surface area contributed by atoms with Crippen LogP contribution in [0.25, 0.3) is 0 Å². The Labute approximate surface area is 115 Å². The molecule has 1 aromatic rings. The van der Waals surface area contributed by atoms with Crippen molar-refractivity contribution in [1.82, 2.24) is 5.32 Å². The van der Waals surface area contributed by atoms with E-state index in [0.29, 0.717) is 18.9 Å². The topological polar surface area (TPSA) is 58.4 Å². The maximum atomic E-state index is 12.1. The summed E-state index contributed by atoms with van der Waals surface area (Å²) in [7, 11) is 1.93. The maximum absolute atomic E-state index is 12.1. The van der Waals surface area contributed by atoms with Crippen LogP contribution in [0.4, 0.5) is 5.69 Å². The Kier molecular flexibility index (Phi) is 4.56. The van der Waals surface area contributed by atoms with Crippen LogP contribution in [-0.4, -0.2) is 26.0 Å². The summed E-state index contributed by atoms with van der Waals surface area (Å²) < 4.78 is 0. The minimum atomic E-state index is 0.209. The molecule has 0 aromatic heterocycles. The SMILES string of the molecule is CNCc1ccc2c(c1)CC(=O)N2CC(C)CCN. The number of nitrogens with two attached hydrogens (primary N) is 1. The van der Waals surface area contributed by atoms with Crippen molar-refractivity contribution >= 4 is 11.6 Å². The maximum Gasteiger partial charge on any atom is 0.231 e. The zero-order valence-corrected chi connectivity index (χ0v) is 11.8. The van der Waals surface area contributed by atoms with Crippen LogP contribution in [0, 0.1) is 5.92 Å². The second kappa shape index (κ2) is 6.17. The Morgan fingerprint density at radius 2 is 2.26 bits per heavy atom. The molecule has 0 saturated heterocycles. The number of nitrogens with zero attached hydrogens (tertiary/aromatic N) is 1. The van der Waals surface area contributed by atoms with E-state index in [2.05, 4.69) is 30.4 Å². The molecule has 0 aliphatic carbocycles. The smallest absolute Gasteiger partial charge is 0.231 e. The van der Waals surface area contributed by atoms with Crippen molar-refractivity contribution in [2.24, 2.45) is 11.7 Å². The molecular formula is C15H23N3O. The Hall–Kier alpha value is -1.39. The van der Waals surface area contributed by atoms with Gasteiger partial charge in [0.15, 0.2) is 0 Å². The zero-order chi connectivity index (χ0) is 13.8. The van der Waals surface area contributed by atoms with Crippen molar-refractivity contribution in [3.63, 3.8) is 0 Å². The third-order valence-electron chi connectivity index (χ3n) is 3.61. The summed E-state index contributed by atoms with van der Waals surface area (Å²) in [5.74, 6) is 0.650. The van der Waals surface area contributed by atoms with E-state index in [9.17, 15) is 4.79 Å². The van der Waals surface area contributed by atoms with E-state index in [1.165, 1.54) is 5.56 Å². The van der Waals surface area contributed by atoms with E-state index < -0.39 is 0 Å². The standard InChI is InChI=1S/C15H23N3O/c1-11(5-6-16)10-18-14-4-3-12(9-17-2)7-13(14)8-15(18)19/h3-4,7,11,17H,5-6,8-10,16H2,1-2H3. The second-order valence-corrected chi connectivity index (χ2v) is 5.36. The fraction of sp³-hybridized carbons (Fsp3) is 0.533. The Bertz CT molecular complexity index is 459. The number of hydrogen-bond acceptors (Lipinski definition) is 3. The van der Waals surface area contributed by atoms with Crippen LogP contribution in [-0.2, 0) is 17.8 Å². The number of nitrogens with one attached hydrogen (secondary N) is 1. The van der Waals surface area contributed by atoms with Crippen molar-refractivity contribution in [3.8, 4) is 0 Å². The van der Waals surface area contributed by atoms with Crippen LogP contribution in [0.5, 0.6) is 0 Å². The van der Waals surface area contributed by atoms with Gasteiger partial charge in [0.25, 0.3) is 0 Å². The summed E-state index contributed by atoms with van der Waals surface area (Å²) in [6, 6.07) is 6.30. The number of benzene rings is 1. The minimum absolute atomic E-state index is 0.209. The first-order chi connectivity index (χ1) is 9.15. The fourth-order valence-corrected chi connectivity index (χ4v) is 2.64. The van der Waals surface area contributed by atoms with E-state index in [4.69, 9.17) is 5.73 Å². The van der Waals surface area contributed by atoms with E-state index in [1.54, 1.807) is 0 Å². The predicted molar refractivity (Wildman–Crippen MR) is 78.1 cm³/mol. The zero-order valence-electron chi connectivity index (χ0n) is 11.8. The monoisotopic (exact) mass is 261 g/mol. The molecule has 4 heteroatoms. The number of fused-ring (bicyclic) bond motifs is 1. The van der Waals surface area contributed by atoms with E-state index in [1.807, 2.05) is 11.9 Å². The largest absolute Gasteiger partial charge is 0.330 e. The van der Waals surface area contributed by atoms with Crippen LogP contribution in [0.3, 0.4) is 0 Å². The minimum Gasteiger partial charge on any atom is -0.330 e. The number of hydrogen-bond donors (Lipinski definition) is 2. The van der Waals surface area contributed by atoms with Gasteiger partial charge in [0.05, 0.1) is 6.42 Å². The molecular weight excluding hydrogens is 238 g/mol. The molecule has 1 aliphatic heterocycles. The number of amides is 1. The molecule has 19 heavy (non-hydrogen) atoms. The number of carbonyl (C=O) groups excluding carboxylic acids is 1. The second-order valence-electron chi connectivity index (χ2n) is 5.36. The fourth-order valence-electron chi connectivity index (χ4n) is 2.64. The Morgan fingerprint density at radius 1 is 1.47 bits per heavy atom. The van der Waals surface area contributed by atoms with E-state index in [-0.39, 0.29) is 5.91 Å². The summed E-state index contributed by atoms with van der Waals surface area (Å²) in [6.07, 6.45) is 1.49. The van der Waals surface area contributed by atoms with Gasteiger partial charge in [0.2, 0.25) is 5.91 Å². The molecule has 1 heterocycles. The summed E-state index contributed by atoms with van der Waals surface area (Å²) >= 11 is 0. The van der Waals surface area contributed by atoms with Gasteiger partial charge in [-0.25, -0.2) is 0 Å². The van der Waals surface area contributed by atoms with Crippen molar-refractivity contribution in [2.45, 2.75) is 26.3 Å². The number of carbonyl (C=O) groups is 1. The molecule has 0 fully saturated rings. The molecule has 104 valence electrons. The first kappa shape index (κ1) is 14.0. The molecule has 1 aromatic carbocycles. The molecule has 1 atom stereocenters. The van der Waals surface area contributed by atoms with Crippen LogP contribution in [0.2, 0.25) is 0 Å². The summed E-state index contributed by atoms with van der Waals surface area (Å²) in [4.78, 5) is 14.0. The van der Waals surface area contributed by atoms with Crippen LogP contribution in [0.15, 0.2) is 18.2 Å². The van der Waals surface area contributed by atoms with Crippen molar-refractivity contribution in [1.29, 1.82) is 0 Å². The van der Waals surface area contributed by atoms with Gasteiger partial charge < -0.3 is 16.0 Å². The first-order valence-corrected chi connectivity index (χ1v) is 6.92. The lowest BCUT2D eigenvalue weighted by molar-refractivity contribution is -0.117. The third kappa shape index (κ3) is 3.14. The predicted octanol–water partition coefficient (Wildman–Crippen LogP) is 1.28. The van der Waals surface area contributed by atoms with E-state index in [0.717, 1.165) is 30.8 Å². The van der Waals surface area contributed by atoms with Gasteiger partial charge in [-0.1, -0.05) is 19.1 Å². The summed E-state index contributed by atoms with van der Waals surface area (Å²) in [5.41, 5.74) is 9.03. The van der Waals surface area contributed by atoms with Gasteiger partial charge in [-0.2, -0.15) is 0 Å². The molecule has 1 amide bonds. The molecule has 0 radical (unpaired) electrons. The number of anilines is 1. The summed E-state index contributed by atoms with van der Waals surface area (Å²) in [5, 5.41) is 3.13. The van der Waals surface area contributed by atoms with Crippen molar-refractivity contribution in [2.75, 3.05) is 25.0 Å². The average Bonchev–Trinajstić information content (AvgIpc) is 2.66. The highest BCUT2D eigenvalue weighted by Crippen LogP contribution is 2.30. The van der Waals surface area contributed by atoms with Crippen molar-refractivity contribution in [3.05, 3.63) is 29.3 Å². The Balaban J connectivity index is 2.15. The van der Waals surface area contributed by atoms with Crippen LogP contribution in [0.1, 0.15) is 24.5 Å². The average molecular weight is 261 g/mol. The quantitative estimate of drug-likeness (QED) is 0.811. The molecule has 1 aliphatic rings. The molecule has 3 N–H and O–H groups in total.